The second-order valence-corrected chi connectivity index (χ2v) is 9.09. The summed E-state index contributed by atoms with van der Waals surface area (Å²) in [7, 11) is 0. The van der Waals surface area contributed by atoms with Crippen LogP contribution in [0.3, 0.4) is 0 Å². The van der Waals surface area contributed by atoms with E-state index in [1.807, 2.05) is 42.6 Å². The zero-order chi connectivity index (χ0) is 24.9. The summed E-state index contributed by atoms with van der Waals surface area (Å²) >= 11 is 0. The number of fused-ring (bicyclic) bond motifs is 1. The molecular weight excluding hydrogens is 454 g/mol. The molecule has 186 valence electrons. The lowest BCUT2D eigenvalue weighted by Crippen LogP contribution is -2.24. The van der Waals surface area contributed by atoms with Gasteiger partial charge >= 0.3 is 0 Å². The highest BCUT2D eigenvalue weighted by molar-refractivity contribution is 5.56. The van der Waals surface area contributed by atoms with Crippen LogP contribution in [0.1, 0.15) is 36.6 Å². The van der Waals surface area contributed by atoms with Crippen LogP contribution in [0.5, 0.6) is 23.0 Å². The van der Waals surface area contributed by atoms with Crippen molar-refractivity contribution in [2.75, 3.05) is 6.79 Å². The lowest BCUT2D eigenvalue weighted by atomic mass is 10.1. The molecule has 1 aliphatic rings. The molecule has 0 atom stereocenters. The van der Waals surface area contributed by atoms with Gasteiger partial charge in [0.2, 0.25) is 6.79 Å². The van der Waals surface area contributed by atoms with Gasteiger partial charge in [-0.2, -0.15) is 0 Å². The van der Waals surface area contributed by atoms with Crippen LogP contribution in [0.4, 0.5) is 0 Å². The van der Waals surface area contributed by atoms with Gasteiger partial charge in [0.15, 0.2) is 11.5 Å². The molecule has 0 radical (unpaired) electrons. The summed E-state index contributed by atoms with van der Waals surface area (Å²) in [6, 6.07) is 20.9. The normalized spacial score (nSPS) is 12.4. The first-order valence-corrected chi connectivity index (χ1v) is 12.3. The van der Waals surface area contributed by atoms with Crippen LogP contribution in [-0.4, -0.2) is 31.5 Å². The fourth-order valence-corrected chi connectivity index (χ4v) is 4.55. The molecule has 4 aromatic rings. The van der Waals surface area contributed by atoms with Gasteiger partial charge in [-0.3, -0.25) is 4.90 Å². The van der Waals surface area contributed by atoms with Crippen LogP contribution in [0, 0.1) is 0 Å². The number of aromatic hydroxyl groups is 2. The highest BCUT2D eigenvalue weighted by Gasteiger charge is 2.19. The molecule has 0 unspecified atom stereocenters. The molecule has 0 saturated heterocycles. The lowest BCUT2D eigenvalue weighted by molar-refractivity contribution is 0.174. The third kappa shape index (κ3) is 5.31. The van der Waals surface area contributed by atoms with Crippen molar-refractivity contribution in [3.05, 3.63) is 89.7 Å². The predicted molar refractivity (Wildman–Crippen MR) is 138 cm³/mol. The van der Waals surface area contributed by atoms with E-state index < -0.39 is 0 Å². The number of unbranched alkanes of at least 4 members (excludes halogenated alkanes) is 1. The van der Waals surface area contributed by atoms with E-state index in [0.717, 1.165) is 53.5 Å². The average Bonchev–Trinajstić information content (AvgIpc) is 3.52. The number of hydrogen-bond donors (Lipinski definition) is 2. The molecule has 7 nitrogen and oxygen atoms in total. The summed E-state index contributed by atoms with van der Waals surface area (Å²) in [6.07, 6.45) is 4.09. The van der Waals surface area contributed by atoms with Gasteiger partial charge in [-0.15, -0.1) is 0 Å². The van der Waals surface area contributed by atoms with Gasteiger partial charge in [0, 0.05) is 37.3 Å². The summed E-state index contributed by atoms with van der Waals surface area (Å²) in [5, 5.41) is 20.5. The summed E-state index contributed by atoms with van der Waals surface area (Å²) in [6.45, 7) is 4.99. The van der Waals surface area contributed by atoms with Crippen molar-refractivity contribution in [3.63, 3.8) is 0 Å². The number of benzene rings is 3. The van der Waals surface area contributed by atoms with E-state index in [4.69, 9.17) is 14.5 Å². The van der Waals surface area contributed by atoms with Crippen LogP contribution in [-0.2, 0) is 26.2 Å². The topological polar surface area (TPSA) is 80.0 Å². The van der Waals surface area contributed by atoms with Crippen LogP contribution in [0.2, 0.25) is 0 Å². The smallest absolute Gasteiger partial charge is 0.231 e. The molecule has 1 aliphatic heterocycles. The molecule has 36 heavy (non-hydrogen) atoms. The molecule has 7 heteroatoms. The first-order chi connectivity index (χ1) is 17.6. The molecule has 2 heterocycles. The van der Waals surface area contributed by atoms with Crippen molar-refractivity contribution >= 4 is 0 Å². The maximum atomic E-state index is 10.5. The van der Waals surface area contributed by atoms with E-state index >= 15 is 0 Å². The number of aromatic nitrogens is 2. The molecule has 2 N–H and O–H groups in total. The minimum absolute atomic E-state index is 0.130. The molecule has 0 amide bonds. The van der Waals surface area contributed by atoms with Crippen molar-refractivity contribution in [2.45, 2.75) is 45.9 Å². The number of imidazole rings is 1. The van der Waals surface area contributed by atoms with Crippen molar-refractivity contribution in [2.24, 2.45) is 0 Å². The SMILES string of the molecule is CCCCn1c(CN(Cc2ccc3c(c2)OCO3)Cc2cc(O)ccc2O)cnc1-c1ccccc1. The van der Waals surface area contributed by atoms with E-state index in [-0.39, 0.29) is 18.3 Å². The average molecular weight is 486 g/mol. The summed E-state index contributed by atoms with van der Waals surface area (Å²) < 4.78 is 13.3. The van der Waals surface area contributed by atoms with Gasteiger partial charge in [0.05, 0.1) is 11.9 Å². The first-order valence-electron chi connectivity index (χ1n) is 12.3. The van der Waals surface area contributed by atoms with Crippen LogP contribution in [0.15, 0.2) is 72.9 Å². The summed E-state index contributed by atoms with van der Waals surface area (Å²) in [4.78, 5) is 7.03. The quantitative estimate of drug-likeness (QED) is 0.281. The Hall–Kier alpha value is -3.97. The fourth-order valence-electron chi connectivity index (χ4n) is 4.55. The molecule has 0 saturated carbocycles. The van der Waals surface area contributed by atoms with E-state index in [1.165, 1.54) is 12.1 Å². The molecule has 1 aromatic heterocycles. The Labute approximate surface area is 211 Å². The number of nitrogens with zero attached hydrogens (tertiary/aromatic N) is 3. The van der Waals surface area contributed by atoms with Gasteiger partial charge in [-0.05, 0) is 42.3 Å². The Bertz CT molecular complexity index is 1320. The largest absolute Gasteiger partial charge is 0.508 e. The minimum atomic E-state index is 0.130. The molecule has 5 rings (SSSR count). The number of ether oxygens (including phenoxy) is 2. The maximum absolute atomic E-state index is 10.5. The molecule has 0 spiro atoms. The number of phenols is 2. The van der Waals surface area contributed by atoms with Crippen molar-refractivity contribution < 1.29 is 19.7 Å². The highest BCUT2D eigenvalue weighted by atomic mass is 16.7. The van der Waals surface area contributed by atoms with E-state index in [9.17, 15) is 10.2 Å². The summed E-state index contributed by atoms with van der Waals surface area (Å²) in [5.41, 5.74) is 3.93. The predicted octanol–water partition coefficient (Wildman–Crippen LogP) is 5.69. The van der Waals surface area contributed by atoms with E-state index in [2.05, 4.69) is 28.5 Å². The Morgan fingerprint density at radius 3 is 2.58 bits per heavy atom. The number of phenolic OH excluding ortho intramolecular Hbond substituents is 2. The minimum Gasteiger partial charge on any atom is -0.508 e. The third-order valence-corrected chi connectivity index (χ3v) is 6.39. The fraction of sp³-hybridized carbons (Fsp3) is 0.276. The first kappa shape index (κ1) is 23.8. The number of rotatable bonds is 10. The second-order valence-electron chi connectivity index (χ2n) is 9.09. The standard InChI is InChI=1S/C29H31N3O4/c1-2-3-13-32-24(16-30-29(32)22-7-5-4-6-8-22)19-31(18-23-15-25(33)10-11-26(23)34)17-21-9-12-27-28(14-21)36-20-35-27/h4-12,14-16,33-34H,2-3,13,17-20H2,1H3. The van der Waals surface area contributed by atoms with Gasteiger partial charge < -0.3 is 24.3 Å². The Kier molecular flexibility index (Phi) is 7.09. The van der Waals surface area contributed by atoms with Crippen LogP contribution < -0.4 is 9.47 Å². The third-order valence-electron chi connectivity index (χ3n) is 6.39. The van der Waals surface area contributed by atoms with Crippen LogP contribution in [0.25, 0.3) is 11.4 Å². The molecular formula is C29H31N3O4. The van der Waals surface area contributed by atoms with Crippen LogP contribution >= 0.6 is 0 Å². The maximum Gasteiger partial charge on any atom is 0.231 e. The zero-order valence-electron chi connectivity index (χ0n) is 20.4. The lowest BCUT2D eigenvalue weighted by Gasteiger charge is -2.24. The number of hydrogen-bond acceptors (Lipinski definition) is 6. The Balaban J connectivity index is 1.47. The van der Waals surface area contributed by atoms with Gasteiger partial charge in [0.25, 0.3) is 0 Å². The molecule has 0 fully saturated rings. The monoisotopic (exact) mass is 485 g/mol. The second kappa shape index (κ2) is 10.7. The Morgan fingerprint density at radius 2 is 1.75 bits per heavy atom. The molecule has 0 bridgehead atoms. The zero-order valence-corrected chi connectivity index (χ0v) is 20.4. The van der Waals surface area contributed by atoms with Crippen molar-refractivity contribution in [3.8, 4) is 34.4 Å². The molecule has 3 aromatic carbocycles. The molecule has 0 aliphatic carbocycles. The van der Waals surface area contributed by atoms with Crippen molar-refractivity contribution in [1.82, 2.24) is 14.5 Å². The van der Waals surface area contributed by atoms with E-state index in [0.29, 0.717) is 25.2 Å². The van der Waals surface area contributed by atoms with Gasteiger partial charge in [-0.1, -0.05) is 49.7 Å². The summed E-state index contributed by atoms with van der Waals surface area (Å²) in [5.74, 6) is 2.74. The van der Waals surface area contributed by atoms with Gasteiger partial charge in [0.1, 0.15) is 17.3 Å². The Morgan fingerprint density at radius 1 is 0.917 bits per heavy atom. The highest BCUT2D eigenvalue weighted by Crippen LogP contribution is 2.33. The van der Waals surface area contributed by atoms with Gasteiger partial charge in [-0.25, -0.2) is 4.98 Å². The van der Waals surface area contributed by atoms with Crippen molar-refractivity contribution in [1.29, 1.82) is 0 Å². The van der Waals surface area contributed by atoms with E-state index in [1.54, 1.807) is 6.07 Å².